The molecule has 9 nitrogen and oxygen atoms in total. The van der Waals surface area contributed by atoms with E-state index >= 15 is 0 Å². The fourth-order valence-electron chi connectivity index (χ4n) is 4.51. The van der Waals surface area contributed by atoms with E-state index in [1.165, 1.54) is 0 Å². The van der Waals surface area contributed by atoms with Crippen molar-refractivity contribution in [2.24, 2.45) is 11.3 Å². The highest BCUT2D eigenvalue weighted by Gasteiger charge is 2.70. The van der Waals surface area contributed by atoms with Gasteiger partial charge in [0.25, 0.3) is 5.91 Å². The Balaban J connectivity index is 1.47. The highest BCUT2D eigenvalue weighted by Crippen LogP contribution is 2.46. The van der Waals surface area contributed by atoms with Crippen LogP contribution in [0.15, 0.2) is 12.3 Å². The Hall–Kier alpha value is -2.57. The molecule has 0 bridgehead atoms. The molecule has 1 saturated carbocycles. The van der Waals surface area contributed by atoms with Crippen molar-refractivity contribution in [3.05, 3.63) is 22.8 Å². The summed E-state index contributed by atoms with van der Waals surface area (Å²) in [6.45, 7) is 3.26. The normalized spacial score (nSPS) is 26.3. The number of anilines is 1. The Morgan fingerprint density at radius 2 is 1.85 bits per heavy atom. The summed E-state index contributed by atoms with van der Waals surface area (Å²) in [6.07, 6.45) is -5.23. The van der Waals surface area contributed by atoms with E-state index in [1.54, 1.807) is 13.8 Å². The number of alkyl halides is 3. The van der Waals surface area contributed by atoms with Crippen LogP contribution in [-0.4, -0.2) is 58.0 Å². The van der Waals surface area contributed by atoms with Crippen LogP contribution >= 0.6 is 11.6 Å². The van der Waals surface area contributed by atoms with Crippen LogP contribution in [0.25, 0.3) is 0 Å². The lowest BCUT2D eigenvalue weighted by molar-refractivity contribution is -0.156. The van der Waals surface area contributed by atoms with Gasteiger partial charge in [-0.15, -0.1) is 0 Å². The quantitative estimate of drug-likeness (QED) is 0.486. The maximum Gasteiger partial charge on any atom is 0.417 e. The van der Waals surface area contributed by atoms with Crippen LogP contribution < -0.4 is 10.8 Å². The highest BCUT2D eigenvalue weighted by molar-refractivity contribution is 6.33. The average Bonchev–Trinajstić information content (AvgIpc) is 3.19. The molecule has 33 heavy (non-hydrogen) atoms. The number of Topliss-reactive ketones (excluding diaryl/α,β-unsaturated/α-hetero) is 2. The summed E-state index contributed by atoms with van der Waals surface area (Å²) in [4.78, 5) is 61.4. The molecule has 1 aliphatic carbocycles. The van der Waals surface area contributed by atoms with Gasteiger partial charge in [0, 0.05) is 32.1 Å². The first-order valence-electron chi connectivity index (χ1n) is 10.1. The molecular weight excluding hydrogens is 469 g/mol. The predicted octanol–water partition coefficient (Wildman–Crippen LogP) is 1.75. The van der Waals surface area contributed by atoms with Crippen LogP contribution in [0.5, 0.6) is 0 Å². The third-order valence-corrected chi connectivity index (χ3v) is 6.40. The van der Waals surface area contributed by atoms with Gasteiger partial charge in [-0.3, -0.25) is 28.9 Å². The second-order valence-corrected chi connectivity index (χ2v) is 9.50. The van der Waals surface area contributed by atoms with Crippen LogP contribution in [0.1, 0.15) is 32.3 Å². The lowest BCUT2D eigenvalue weighted by atomic mass is 9.63. The number of imide groups is 1. The third-order valence-electron chi connectivity index (χ3n) is 6.11. The number of amides is 2. The summed E-state index contributed by atoms with van der Waals surface area (Å²) < 4.78 is 38.2. The molecule has 3 aliphatic rings. The van der Waals surface area contributed by atoms with Crippen molar-refractivity contribution in [1.82, 2.24) is 15.4 Å². The SMILES string of the molecule is CC1(C)CC(=O)C2(NO[C@@H]3C(=O)N(CCNc4ncc(C(F)(F)F)cc4Cl)C(=O)[C@@H]32)C(=O)C1. The molecule has 0 aromatic carbocycles. The minimum Gasteiger partial charge on any atom is -0.367 e. The molecule has 1 aromatic rings. The number of hydrogen-bond donors (Lipinski definition) is 2. The number of nitrogens with one attached hydrogen (secondary N) is 2. The zero-order valence-corrected chi connectivity index (χ0v) is 18.3. The maximum atomic E-state index is 13.1. The Morgan fingerprint density at radius 1 is 1.21 bits per heavy atom. The maximum absolute atomic E-state index is 13.1. The molecular formula is C20H20ClF3N4O5. The first-order chi connectivity index (χ1) is 15.3. The Morgan fingerprint density at radius 3 is 2.42 bits per heavy atom. The van der Waals surface area contributed by atoms with Crippen LogP contribution in [-0.2, 0) is 30.2 Å². The number of nitrogens with zero attached hydrogens (tertiary/aromatic N) is 2. The number of halogens is 4. The average molecular weight is 489 g/mol. The molecule has 3 fully saturated rings. The van der Waals surface area contributed by atoms with Gasteiger partial charge in [0.1, 0.15) is 11.7 Å². The molecule has 178 valence electrons. The second kappa shape index (κ2) is 7.74. The molecule has 2 aliphatic heterocycles. The summed E-state index contributed by atoms with van der Waals surface area (Å²) in [6, 6.07) is 0.707. The number of ketones is 2. The Bertz CT molecular complexity index is 1040. The van der Waals surface area contributed by atoms with Crippen molar-refractivity contribution in [3.63, 3.8) is 0 Å². The zero-order chi connectivity index (χ0) is 24.3. The number of rotatable bonds is 4. The number of carbonyl (C=O) groups excluding carboxylic acids is 4. The van der Waals surface area contributed by atoms with Crippen molar-refractivity contribution in [2.75, 3.05) is 18.4 Å². The summed E-state index contributed by atoms with van der Waals surface area (Å²) in [5.74, 6) is -3.82. The van der Waals surface area contributed by atoms with E-state index in [0.717, 1.165) is 4.90 Å². The molecule has 1 aromatic heterocycles. The molecule has 2 amide bonds. The van der Waals surface area contributed by atoms with Crippen LogP contribution in [0.3, 0.4) is 0 Å². The van der Waals surface area contributed by atoms with Gasteiger partial charge in [0.15, 0.2) is 23.2 Å². The molecule has 2 atom stereocenters. The zero-order valence-electron chi connectivity index (χ0n) is 17.6. The van der Waals surface area contributed by atoms with Crippen molar-refractivity contribution in [3.8, 4) is 0 Å². The van der Waals surface area contributed by atoms with Gasteiger partial charge in [-0.25, -0.2) is 4.98 Å². The predicted molar refractivity (Wildman–Crippen MR) is 107 cm³/mol. The fraction of sp³-hybridized carbons (Fsp3) is 0.550. The minimum absolute atomic E-state index is 0.0411. The van der Waals surface area contributed by atoms with Gasteiger partial charge in [-0.1, -0.05) is 25.4 Å². The van der Waals surface area contributed by atoms with Gasteiger partial charge < -0.3 is 5.32 Å². The summed E-state index contributed by atoms with van der Waals surface area (Å²) in [5, 5.41) is 2.39. The van der Waals surface area contributed by atoms with Gasteiger partial charge >= 0.3 is 6.18 Å². The van der Waals surface area contributed by atoms with E-state index in [9.17, 15) is 32.3 Å². The molecule has 4 rings (SSSR count). The van der Waals surface area contributed by atoms with Gasteiger partial charge in [-0.05, 0) is 11.5 Å². The minimum atomic E-state index is -4.60. The number of hydrogen-bond acceptors (Lipinski definition) is 8. The third kappa shape index (κ3) is 3.79. The van der Waals surface area contributed by atoms with E-state index in [1.807, 2.05) is 0 Å². The first kappa shape index (κ1) is 23.6. The van der Waals surface area contributed by atoms with Crippen LogP contribution in [0, 0.1) is 11.3 Å². The molecule has 2 saturated heterocycles. The lowest BCUT2D eigenvalue weighted by Crippen LogP contribution is -2.64. The smallest absolute Gasteiger partial charge is 0.367 e. The summed E-state index contributed by atoms with van der Waals surface area (Å²) >= 11 is 5.84. The number of aromatic nitrogens is 1. The number of hydroxylamine groups is 1. The van der Waals surface area contributed by atoms with Crippen molar-refractivity contribution in [1.29, 1.82) is 0 Å². The van der Waals surface area contributed by atoms with Crippen LogP contribution in [0.2, 0.25) is 5.02 Å². The first-order valence-corrected chi connectivity index (χ1v) is 10.5. The van der Waals surface area contributed by atoms with Gasteiger partial charge in [-0.2, -0.15) is 18.7 Å². The molecule has 1 spiro atoms. The summed E-state index contributed by atoms with van der Waals surface area (Å²) in [5.41, 5.74) is -1.08. The largest absolute Gasteiger partial charge is 0.417 e. The van der Waals surface area contributed by atoms with Crippen molar-refractivity contribution in [2.45, 2.75) is 44.5 Å². The van der Waals surface area contributed by atoms with E-state index < -0.39 is 58.1 Å². The van der Waals surface area contributed by atoms with E-state index in [-0.39, 0.29) is 36.8 Å². The van der Waals surface area contributed by atoms with E-state index in [4.69, 9.17) is 16.4 Å². The molecule has 3 heterocycles. The Kier molecular flexibility index (Phi) is 5.53. The van der Waals surface area contributed by atoms with Crippen molar-refractivity contribution < 1.29 is 37.2 Å². The van der Waals surface area contributed by atoms with Crippen molar-refractivity contribution >= 4 is 40.8 Å². The van der Waals surface area contributed by atoms with Crippen LogP contribution in [0.4, 0.5) is 19.0 Å². The number of carbonyl (C=O) groups is 4. The number of fused-ring (bicyclic) bond motifs is 2. The highest BCUT2D eigenvalue weighted by atomic mass is 35.5. The molecule has 0 radical (unpaired) electrons. The molecule has 0 unspecified atom stereocenters. The fourth-order valence-corrected chi connectivity index (χ4v) is 4.74. The standard InChI is InChI=1S/C20H20ClF3N4O5/c1-18(2)6-11(29)19(12(30)7-18)13-14(33-27-19)17(32)28(16(13)31)4-3-25-15-10(21)5-9(8-26-15)20(22,23)24/h5,8,13-14,27H,3-4,6-7H2,1-2H3,(H,25,26)/t13-,14+/m1/s1. The molecule has 13 heteroatoms. The monoisotopic (exact) mass is 488 g/mol. The van der Waals surface area contributed by atoms with E-state index in [0.29, 0.717) is 12.3 Å². The second-order valence-electron chi connectivity index (χ2n) is 9.10. The lowest BCUT2D eigenvalue weighted by Gasteiger charge is -2.39. The number of likely N-dealkylation sites (tertiary alicyclic amines) is 1. The topological polar surface area (TPSA) is 118 Å². The number of pyridine rings is 1. The van der Waals surface area contributed by atoms with Gasteiger partial charge in [0.2, 0.25) is 5.91 Å². The van der Waals surface area contributed by atoms with Gasteiger partial charge in [0.05, 0.1) is 10.6 Å². The summed E-state index contributed by atoms with van der Waals surface area (Å²) in [7, 11) is 0. The molecule has 2 N–H and O–H groups in total. The van der Waals surface area contributed by atoms with E-state index in [2.05, 4.69) is 15.8 Å². The Labute approximate surface area is 190 Å².